The lowest BCUT2D eigenvalue weighted by Crippen LogP contribution is -2.30. The molecule has 7 nitrogen and oxygen atoms in total. The summed E-state index contributed by atoms with van der Waals surface area (Å²) in [6.45, 7) is 1.14. The van der Waals surface area contributed by atoms with E-state index in [2.05, 4.69) is 10.3 Å². The minimum absolute atomic E-state index is 0.0621. The molecule has 0 bridgehead atoms. The van der Waals surface area contributed by atoms with Crippen molar-refractivity contribution in [2.45, 2.75) is 12.6 Å². The quantitative estimate of drug-likeness (QED) is 0.509. The van der Waals surface area contributed by atoms with Crippen molar-refractivity contribution in [3.05, 3.63) is 58.0 Å². The van der Waals surface area contributed by atoms with Crippen LogP contribution in [0.15, 0.2) is 33.7 Å². The summed E-state index contributed by atoms with van der Waals surface area (Å²) in [5, 5.41) is 2.38. The number of amides is 1. The fourth-order valence-electron chi connectivity index (χ4n) is 3.41. The second-order valence-corrected chi connectivity index (χ2v) is 6.72. The highest BCUT2D eigenvalue weighted by Gasteiger charge is 2.47. The molecule has 1 aliphatic carbocycles. The van der Waals surface area contributed by atoms with Gasteiger partial charge in [0.2, 0.25) is 11.5 Å². The van der Waals surface area contributed by atoms with Gasteiger partial charge in [-0.15, -0.1) is 0 Å². The SMILES string of the molecule is O=C1c2ccccc2C(=O)c2c1oc(C(F)(F)F)c2C(=O)NCCC[N+]1=CCN=C1. The summed E-state index contributed by atoms with van der Waals surface area (Å²) in [6, 6.07) is 5.62. The molecule has 10 heteroatoms. The molecule has 1 amide bonds. The summed E-state index contributed by atoms with van der Waals surface area (Å²) >= 11 is 0. The van der Waals surface area contributed by atoms with Gasteiger partial charge in [-0.1, -0.05) is 29.3 Å². The molecule has 0 radical (unpaired) electrons. The molecule has 2 aliphatic rings. The Bertz CT molecular complexity index is 1130. The minimum atomic E-state index is -5.06. The topological polar surface area (TPSA) is 91.8 Å². The Labute approximate surface area is 167 Å². The van der Waals surface area contributed by atoms with Crippen LogP contribution in [0, 0.1) is 0 Å². The zero-order valence-corrected chi connectivity index (χ0v) is 15.5. The van der Waals surface area contributed by atoms with Crippen LogP contribution in [-0.4, -0.2) is 54.2 Å². The van der Waals surface area contributed by atoms with E-state index in [-0.39, 0.29) is 17.7 Å². The maximum atomic E-state index is 13.5. The van der Waals surface area contributed by atoms with E-state index in [4.69, 9.17) is 4.42 Å². The summed E-state index contributed by atoms with van der Waals surface area (Å²) in [6.07, 6.45) is -1.17. The molecule has 1 aromatic heterocycles. The molecule has 0 spiro atoms. The monoisotopic (exact) mass is 418 g/mol. The number of nitrogens with one attached hydrogen (secondary N) is 1. The molecule has 0 saturated heterocycles. The Balaban J connectivity index is 1.66. The second-order valence-electron chi connectivity index (χ2n) is 6.72. The lowest BCUT2D eigenvalue weighted by atomic mass is 9.86. The van der Waals surface area contributed by atoms with Gasteiger partial charge in [-0.25, -0.2) is 4.58 Å². The number of halogens is 3. The Morgan fingerprint density at radius 1 is 1.17 bits per heavy atom. The molecule has 0 saturated carbocycles. The van der Waals surface area contributed by atoms with Crippen molar-refractivity contribution < 1.29 is 36.5 Å². The lowest BCUT2D eigenvalue weighted by Gasteiger charge is -2.13. The Morgan fingerprint density at radius 3 is 2.50 bits per heavy atom. The van der Waals surface area contributed by atoms with Crippen LogP contribution in [-0.2, 0) is 6.18 Å². The minimum Gasteiger partial charge on any atom is -0.446 e. The van der Waals surface area contributed by atoms with Gasteiger partial charge >= 0.3 is 6.18 Å². The van der Waals surface area contributed by atoms with Crippen molar-refractivity contribution in [2.24, 2.45) is 4.99 Å². The van der Waals surface area contributed by atoms with Crippen molar-refractivity contribution in [2.75, 3.05) is 19.6 Å². The van der Waals surface area contributed by atoms with Gasteiger partial charge < -0.3 is 9.73 Å². The highest BCUT2D eigenvalue weighted by atomic mass is 19.4. The summed E-state index contributed by atoms with van der Waals surface area (Å²) < 4.78 is 47.2. The molecule has 0 atom stereocenters. The van der Waals surface area contributed by atoms with Gasteiger partial charge in [0.15, 0.2) is 18.1 Å². The number of nitrogens with zero attached hydrogens (tertiary/aromatic N) is 2. The van der Waals surface area contributed by atoms with Crippen LogP contribution in [0.4, 0.5) is 13.2 Å². The van der Waals surface area contributed by atoms with Gasteiger partial charge in [-0.3, -0.25) is 14.4 Å². The fourth-order valence-corrected chi connectivity index (χ4v) is 3.41. The summed E-state index contributed by atoms with van der Waals surface area (Å²) in [7, 11) is 0. The van der Waals surface area contributed by atoms with E-state index < -0.39 is 46.3 Å². The highest BCUT2D eigenvalue weighted by Crippen LogP contribution is 2.40. The Hall–Kier alpha value is -3.56. The summed E-state index contributed by atoms with van der Waals surface area (Å²) in [4.78, 5) is 42.1. The number of carbonyl (C=O) groups excluding carboxylic acids is 3. The van der Waals surface area contributed by atoms with Crippen LogP contribution in [0.3, 0.4) is 0 Å². The molecule has 0 fully saturated rings. The second kappa shape index (κ2) is 7.36. The van der Waals surface area contributed by atoms with Crippen molar-refractivity contribution in [3.8, 4) is 0 Å². The summed E-state index contributed by atoms with van der Waals surface area (Å²) in [5.41, 5.74) is -1.74. The number of rotatable bonds is 5. The average molecular weight is 418 g/mol. The normalized spacial score (nSPS) is 15.1. The highest BCUT2D eigenvalue weighted by molar-refractivity contribution is 6.30. The Morgan fingerprint density at radius 2 is 1.87 bits per heavy atom. The van der Waals surface area contributed by atoms with Crippen LogP contribution in [0.5, 0.6) is 0 Å². The number of ketones is 2. The zero-order chi connectivity index (χ0) is 21.5. The predicted octanol–water partition coefficient (Wildman–Crippen LogP) is 2.32. The van der Waals surface area contributed by atoms with E-state index >= 15 is 0 Å². The van der Waals surface area contributed by atoms with Crippen LogP contribution >= 0.6 is 0 Å². The number of hydrogen-bond acceptors (Lipinski definition) is 5. The maximum absolute atomic E-state index is 13.5. The van der Waals surface area contributed by atoms with Gasteiger partial charge in [0, 0.05) is 24.1 Å². The third kappa shape index (κ3) is 3.34. The van der Waals surface area contributed by atoms with Crippen LogP contribution in [0.25, 0.3) is 0 Å². The molecule has 1 aromatic carbocycles. The van der Waals surface area contributed by atoms with Gasteiger partial charge in [0.25, 0.3) is 12.2 Å². The molecule has 4 rings (SSSR count). The molecular weight excluding hydrogens is 403 g/mol. The number of alkyl halides is 3. The van der Waals surface area contributed by atoms with Gasteiger partial charge in [0.05, 0.1) is 12.1 Å². The molecule has 2 aromatic rings. The van der Waals surface area contributed by atoms with Gasteiger partial charge in [0.1, 0.15) is 11.8 Å². The number of fused-ring (bicyclic) bond motifs is 2. The third-order valence-electron chi connectivity index (χ3n) is 4.77. The van der Waals surface area contributed by atoms with Gasteiger partial charge in [-0.2, -0.15) is 13.2 Å². The third-order valence-corrected chi connectivity index (χ3v) is 4.77. The van der Waals surface area contributed by atoms with E-state index in [1.165, 1.54) is 24.3 Å². The Kier molecular flexibility index (Phi) is 4.84. The standard InChI is InChI=1S/C20H14F3N3O4/c21-20(22,23)18-14(19(29)25-6-3-8-26-9-7-24-10-26)13-15(27)11-4-1-2-5-12(11)16(28)17(13)30-18/h1-2,4-5,9-10H,3,6-8H2/p+1. The van der Waals surface area contributed by atoms with E-state index in [0.717, 1.165) is 0 Å². The smallest absolute Gasteiger partial charge is 0.446 e. The first-order valence-electron chi connectivity index (χ1n) is 9.08. The molecule has 2 heterocycles. The maximum Gasteiger partial charge on any atom is 0.450 e. The number of carbonyl (C=O) groups is 3. The van der Waals surface area contributed by atoms with Crippen molar-refractivity contribution in [1.82, 2.24) is 5.32 Å². The lowest BCUT2D eigenvalue weighted by molar-refractivity contribution is -0.390. The van der Waals surface area contributed by atoms with E-state index in [9.17, 15) is 27.6 Å². The average Bonchev–Trinajstić information content (AvgIpc) is 3.37. The fraction of sp³-hybridized carbons (Fsp3) is 0.250. The molecule has 30 heavy (non-hydrogen) atoms. The largest absolute Gasteiger partial charge is 0.450 e. The summed E-state index contributed by atoms with van der Waals surface area (Å²) in [5.74, 6) is -5.26. The van der Waals surface area contributed by atoms with Gasteiger partial charge in [-0.05, 0) is 0 Å². The first-order valence-corrected chi connectivity index (χ1v) is 9.08. The van der Waals surface area contributed by atoms with Crippen molar-refractivity contribution in [1.29, 1.82) is 0 Å². The van der Waals surface area contributed by atoms with Crippen molar-refractivity contribution in [3.63, 3.8) is 0 Å². The molecular formula is C20H15F3N3O4+. The molecule has 1 N–H and O–H groups in total. The van der Waals surface area contributed by atoms with Crippen LogP contribution < -0.4 is 5.32 Å². The first-order chi connectivity index (χ1) is 14.3. The molecule has 1 aliphatic heterocycles. The number of furan rings is 1. The van der Waals surface area contributed by atoms with Crippen LogP contribution in [0.2, 0.25) is 0 Å². The van der Waals surface area contributed by atoms with Crippen LogP contribution in [0.1, 0.15) is 54.6 Å². The van der Waals surface area contributed by atoms with E-state index in [1.807, 2.05) is 6.21 Å². The molecule has 154 valence electrons. The number of hydrogen-bond donors (Lipinski definition) is 1. The predicted molar refractivity (Wildman–Crippen MR) is 98.5 cm³/mol. The molecule has 0 unspecified atom stereocenters. The van der Waals surface area contributed by atoms with E-state index in [1.54, 1.807) is 10.9 Å². The van der Waals surface area contributed by atoms with E-state index in [0.29, 0.717) is 19.5 Å². The first kappa shape index (κ1) is 19.7. The zero-order valence-electron chi connectivity index (χ0n) is 15.5. The van der Waals surface area contributed by atoms with Crippen molar-refractivity contribution >= 4 is 30.0 Å². The number of benzene rings is 1. The number of aliphatic imine (C=N–C) groups is 1.